The minimum Gasteiger partial charge on any atom is -0.347 e. The molecule has 1 saturated heterocycles. The molecule has 0 spiro atoms. The van der Waals surface area contributed by atoms with E-state index in [0.717, 1.165) is 18.5 Å². The van der Waals surface area contributed by atoms with Gasteiger partial charge in [-0.25, -0.2) is 4.39 Å². The van der Waals surface area contributed by atoms with Gasteiger partial charge in [-0.05, 0) is 55.4 Å². The smallest absolute Gasteiger partial charge is 0.251 e. The first-order valence-corrected chi connectivity index (χ1v) is 8.15. The molecule has 1 aliphatic rings. The van der Waals surface area contributed by atoms with Crippen molar-refractivity contribution in [3.8, 4) is 0 Å². The lowest BCUT2D eigenvalue weighted by Gasteiger charge is -2.26. The van der Waals surface area contributed by atoms with Gasteiger partial charge in [0.2, 0.25) is 6.41 Å². The van der Waals surface area contributed by atoms with E-state index in [1.165, 1.54) is 12.1 Å². The third-order valence-electron chi connectivity index (χ3n) is 4.55. The van der Waals surface area contributed by atoms with Crippen LogP contribution in [0.1, 0.15) is 28.4 Å². The molecular formula is C19H20FN3O2. The molecule has 2 aromatic carbocycles. The zero-order valence-corrected chi connectivity index (χ0v) is 13.9. The molecule has 0 saturated carbocycles. The highest BCUT2D eigenvalue weighted by molar-refractivity contribution is 5.95. The number of rotatable bonds is 5. The van der Waals surface area contributed by atoms with Gasteiger partial charge in [0.05, 0.1) is 12.1 Å². The van der Waals surface area contributed by atoms with Crippen molar-refractivity contribution in [2.75, 3.05) is 18.9 Å². The quantitative estimate of drug-likeness (QED) is 0.822. The number of benzene rings is 2. The molecule has 5 nitrogen and oxygen atoms in total. The van der Waals surface area contributed by atoms with Crippen molar-refractivity contribution in [2.45, 2.75) is 18.5 Å². The molecule has 1 aliphatic heterocycles. The number of carbonyl (C=O) groups excluding carboxylic acids is 2. The average Bonchev–Trinajstić information content (AvgIpc) is 2.97. The molecule has 1 heterocycles. The topological polar surface area (TPSA) is 61.4 Å². The highest BCUT2D eigenvalue weighted by atomic mass is 19.1. The maximum absolute atomic E-state index is 13.2. The Morgan fingerprint density at radius 2 is 1.84 bits per heavy atom. The molecular weight excluding hydrogens is 321 g/mol. The van der Waals surface area contributed by atoms with Gasteiger partial charge in [-0.1, -0.05) is 12.1 Å². The average molecular weight is 341 g/mol. The Hall–Kier alpha value is -2.73. The summed E-state index contributed by atoms with van der Waals surface area (Å²) in [6.45, 7) is 0.856. The van der Waals surface area contributed by atoms with Gasteiger partial charge in [0, 0.05) is 17.8 Å². The Balaban J connectivity index is 1.72. The maximum atomic E-state index is 13.2. The predicted octanol–water partition coefficient (Wildman–Crippen LogP) is 2.57. The van der Waals surface area contributed by atoms with Gasteiger partial charge in [-0.15, -0.1) is 0 Å². The number of nitrogens with zero attached hydrogens (tertiary/aromatic N) is 1. The van der Waals surface area contributed by atoms with Crippen molar-refractivity contribution in [3.05, 3.63) is 65.5 Å². The predicted molar refractivity (Wildman–Crippen MR) is 93.8 cm³/mol. The lowest BCUT2D eigenvalue weighted by Crippen LogP contribution is -2.38. The van der Waals surface area contributed by atoms with Gasteiger partial charge < -0.3 is 10.6 Å². The first-order valence-electron chi connectivity index (χ1n) is 8.15. The third-order valence-corrected chi connectivity index (χ3v) is 4.55. The lowest BCUT2D eigenvalue weighted by molar-refractivity contribution is -0.105. The van der Waals surface area contributed by atoms with Crippen LogP contribution >= 0.6 is 0 Å². The monoisotopic (exact) mass is 341 g/mol. The SMILES string of the molecule is CN1CC[C@@H](NC(=O)c2ccc(NC=O)cc2)[C@H]1c1ccc(F)cc1. The van der Waals surface area contributed by atoms with Gasteiger partial charge >= 0.3 is 0 Å². The number of nitrogens with one attached hydrogen (secondary N) is 2. The van der Waals surface area contributed by atoms with Gasteiger partial charge in [-0.2, -0.15) is 0 Å². The number of amides is 2. The molecule has 0 unspecified atom stereocenters. The van der Waals surface area contributed by atoms with Crippen LogP contribution in [0.2, 0.25) is 0 Å². The van der Waals surface area contributed by atoms with E-state index >= 15 is 0 Å². The Labute approximate surface area is 145 Å². The van der Waals surface area contributed by atoms with Crippen molar-refractivity contribution in [2.24, 2.45) is 0 Å². The van der Waals surface area contributed by atoms with E-state index in [0.29, 0.717) is 17.7 Å². The number of hydrogen-bond acceptors (Lipinski definition) is 3. The highest BCUT2D eigenvalue weighted by Crippen LogP contribution is 2.31. The van der Waals surface area contributed by atoms with Gasteiger partial charge in [0.15, 0.2) is 0 Å². The van der Waals surface area contributed by atoms with Crippen LogP contribution < -0.4 is 10.6 Å². The molecule has 2 N–H and O–H groups in total. The molecule has 0 aromatic heterocycles. The van der Waals surface area contributed by atoms with Crippen molar-refractivity contribution < 1.29 is 14.0 Å². The fourth-order valence-electron chi connectivity index (χ4n) is 3.28. The number of carbonyl (C=O) groups is 2. The van der Waals surface area contributed by atoms with Crippen LogP contribution in [-0.4, -0.2) is 36.9 Å². The van der Waals surface area contributed by atoms with Crippen LogP contribution in [0.3, 0.4) is 0 Å². The molecule has 2 atom stereocenters. The molecule has 2 aromatic rings. The van der Waals surface area contributed by atoms with E-state index in [4.69, 9.17) is 0 Å². The summed E-state index contributed by atoms with van der Waals surface area (Å²) in [5.74, 6) is -0.431. The summed E-state index contributed by atoms with van der Waals surface area (Å²) in [6.07, 6.45) is 1.42. The molecule has 0 radical (unpaired) electrons. The fourth-order valence-corrected chi connectivity index (χ4v) is 3.28. The summed E-state index contributed by atoms with van der Waals surface area (Å²) >= 11 is 0. The number of likely N-dealkylation sites (N-methyl/N-ethyl adjacent to an activating group) is 1. The summed E-state index contributed by atoms with van der Waals surface area (Å²) < 4.78 is 13.2. The summed E-state index contributed by atoms with van der Waals surface area (Å²) in [4.78, 5) is 25.1. The zero-order valence-electron chi connectivity index (χ0n) is 13.9. The van der Waals surface area contributed by atoms with Crippen LogP contribution in [0.5, 0.6) is 0 Å². The molecule has 2 amide bonds. The van der Waals surface area contributed by atoms with Crippen molar-refractivity contribution in [1.29, 1.82) is 0 Å². The summed E-state index contributed by atoms with van der Waals surface area (Å²) in [5.41, 5.74) is 2.15. The number of anilines is 1. The summed E-state index contributed by atoms with van der Waals surface area (Å²) in [7, 11) is 2.00. The van der Waals surface area contributed by atoms with E-state index in [1.807, 2.05) is 7.05 Å². The van der Waals surface area contributed by atoms with Crippen LogP contribution in [0.25, 0.3) is 0 Å². The molecule has 0 aliphatic carbocycles. The fraction of sp³-hybridized carbons (Fsp3) is 0.263. The first-order chi connectivity index (χ1) is 12.1. The normalized spacial score (nSPS) is 20.2. The molecule has 0 bridgehead atoms. The molecule has 3 rings (SSSR count). The van der Waals surface area contributed by atoms with E-state index < -0.39 is 0 Å². The summed E-state index contributed by atoms with van der Waals surface area (Å²) in [5, 5.41) is 5.61. The number of likely N-dealkylation sites (tertiary alicyclic amines) is 1. The van der Waals surface area contributed by atoms with Crippen LogP contribution in [-0.2, 0) is 4.79 Å². The first kappa shape index (κ1) is 17.1. The Morgan fingerprint density at radius 3 is 2.48 bits per heavy atom. The minimum atomic E-state index is -0.269. The Morgan fingerprint density at radius 1 is 1.16 bits per heavy atom. The largest absolute Gasteiger partial charge is 0.347 e. The van der Waals surface area contributed by atoms with Crippen LogP contribution in [0, 0.1) is 5.82 Å². The van der Waals surface area contributed by atoms with E-state index in [1.54, 1.807) is 36.4 Å². The molecule has 25 heavy (non-hydrogen) atoms. The second-order valence-corrected chi connectivity index (χ2v) is 6.19. The van der Waals surface area contributed by atoms with Gasteiger partial charge in [-0.3, -0.25) is 14.5 Å². The Bertz CT molecular complexity index is 746. The molecule has 6 heteroatoms. The zero-order chi connectivity index (χ0) is 17.8. The second-order valence-electron chi connectivity index (χ2n) is 6.19. The van der Waals surface area contributed by atoms with Crippen molar-refractivity contribution in [3.63, 3.8) is 0 Å². The standard InChI is InChI=1S/C19H20FN3O2/c1-23-11-10-17(18(23)13-2-6-15(20)7-3-13)22-19(25)14-4-8-16(9-5-14)21-12-24/h2-9,12,17-18H,10-11H2,1H3,(H,21,24)(H,22,25)/t17-,18-/m1/s1. The van der Waals surface area contributed by atoms with Crippen molar-refractivity contribution in [1.82, 2.24) is 10.2 Å². The van der Waals surface area contributed by atoms with Gasteiger partial charge in [0.25, 0.3) is 5.91 Å². The number of hydrogen-bond donors (Lipinski definition) is 2. The van der Waals surface area contributed by atoms with E-state index in [-0.39, 0.29) is 23.8 Å². The number of halogens is 1. The Kier molecular flexibility index (Phi) is 5.09. The summed E-state index contributed by atoms with van der Waals surface area (Å²) in [6, 6.07) is 13.1. The highest BCUT2D eigenvalue weighted by Gasteiger charge is 2.34. The maximum Gasteiger partial charge on any atom is 0.251 e. The van der Waals surface area contributed by atoms with Crippen molar-refractivity contribution >= 4 is 18.0 Å². The van der Waals surface area contributed by atoms with Crippen LogP contribution in [0.4, 0.5) is 10.1 Å². The van der Waals surface area contributed by atoms with Crippen LogP contribution in [0.15, 0.2) is 48.5 Å². The third kappa shape index (κ3) is 3.85. The molecule has 1 fully saturated rings. The second kappa shape index (κ2) is 7.44. The van der Waals surface area contributed by atoms with E-state index in [9.17, 15) is 14.0 Å². The minimum absolute atomic E-state index is 0.0144. The molecule has 130 valence electrons. The lowest BCUT2D eigenvalue weighted by atomic mass is 9.99. The van der Waals surface area contributed by atoms with E-state index in [2.05, 4.69) is 15.5 Å². The van der Waals surface area contributed by atoms with Gasteiger partial charge in [0.1, 0.15) is 5.82 Å².